The van der Waals surface area contributed by atoms with Gasteiger partial charge in [-0.2, -0.15) is 0 Å². The van der Waals surface area contributed by atoms with Gasteiger partial charge >= 0.3 is 0 Å². The Balaban J connectivity index is 2.47. The number of aromatic nitrogens is 1. The first-order chi connectivity index (χ1) is 9.01. The number of benzene rings is 1. The molecule has 2 heteroatoms. The van der Waals surface area contributed by atoms with Gasteiger partial charge in [0.2, 0.25) is 0 Å². The SMILES string of the molecule is CCC(C)NCc1cc(C)nc2c(C)cc(C)cc12. The Morgan fingerprint density at radius 3 is 2.58 bits per heavy atom. The predicted molar refractivity (Wildman–Crippen MR) is 82.5 cm³/mol. The lowest BCUT2D eigenvalue weighted by molar-refractivity contribution is 0.535. The van der Waals surface area contributed by atoms with Crippen LogP contribution in [0, 0.1) is 20.8 Å². The number of aryl methyl sites for hydroxylation is 3. The van der Waals surface area contributed by atoms with Crippen molar-refractivity contribution in [3.63, 3.8) is 0 Å². The standard InChI is InChI=1S/C17H24N2/c1-6-13(4)18-10-15-9-14(5)19-17-12(3)7-11(2)8-16(15)17/h7-9,13,18H,6,10H2,1-5H3. The van der Waals surface area contributed by atoms with E-state index in [-0.39, 0.29) is 0 Å². The minimum atomic E-state index is 0.550. The topological polar surface area (TPSA) is 24.9 Å². The fraction of sp³-hybridized carbons (Fsp3) is 0.471. The van der Waals surface area contributed by atoms with E-state index in [2.05, 4.69) is 58.1 Å². The van der Waals surface area contributed by atoms with E-state index in [1.54, 1.807) is 0 Å². The summed E-state index contributed by atoms with van der Waals surface area (Å²) in [6, 6.07) is 7.22. The van der Waals surface area contributed by atoms with Gasteiger partial charge in [0.1, 0.15) is 0 Å². The molecule has 0 fully saturated rings. The zero-order valence-electron chi connectivity index (χ0n) is 12.7. The molecule has 1 unspecified atom stereocenters. The monoisotopic (exact) mass is 256 g/mol. The zero-order chi connectivity index (χ0) is 14.0. The largest absolute Gasteiger partial charge is 0.310 e. The second-order valence-corrected chi connectivity index (χ2v) is 5.59. The Labute approximate surface area is 116 Å². The molecule has 0 aliphatic heterocycles. The van der Waals surface area contributed by atoms with Gasteiger partial charge in [-0.05, 0) is 57.4 Å². The quantitative estimate of drug-likeness (QED) is 0.892. The van der Waals surface area contributed by atoms with Crippen molar-refractivity contribution < 1.29 is 0 Å². The van der Waals surface area contributed by atoms with Crippen LogP contribution in [0.15, 0.2) is 18.2 Å². The third-order valence-corrected chi connectivity index (χ3v) is 3.72. The van der Waals surface area contributed by atoms with Gasteiger partial charge in [0.05, 0.1) is 5.52 Å². The molecule has 0 saturated heterocycles. The number of hydrogen-bond donors (Lipinski definition) is 1. The molecule has 102 valence electrons. The van der Waals surface area contributed by atoms with Crippen LogP contribution in [0.5, 0.6) is 0 Å². The van der Waals surface area contributed by atoms with E-state index >= 15 is 0 Å². The molecule has 0 amide bonds. The van der Waals surface area contributed by atoms with Crippen molar-refractivity contribution in [3.05, 3.63) is 40.6 Å². The summed E-state index contributed by atoms with van der Waals surface area (Å²) in [6.07, 6.45) is 1.15. The molecule has 0 bridgehead atoms. The van der Waals surface area contributed by atoms with E-state index in [0.717, 1.165) is 24.2 Å². The summed E-state index contributed by atoms with van der Waals surface area (Å²) in [5.74, 6) is 0. The molecule has 19 heavy (non-hydrogen) atoms. The Kier molecular flexibility index (Phi) is 4.20. The molecule has 0 radical (unpaired) electrons. The maximum atomic E-state index is 4.70. The Morgan fingerprint density at radius 1 is 1.16 bits per heavy atom. The highest BCUT2D eigenvalue weighted by Crippen LogP contribution is 2.23. The van der Waals surface area contributed by atoms with Crippen LogP contribution in [-0.2, 0) is 6.54 Å². The number of nitrogens with one attached hydrogen (secondary N) is 1. The lowest BCUT2D eigenvalue weighted by atomic mass is 10.0. The highest BCUT2D eigenvalue weighted by molar-refractivity contribution is 5.86. The third-order valence-electron chi connectivity index (χ3n) is 3.72. The molecule has 0 aliphatic rings. The van der Waals surface area contributed by atoms with Gasteiger partial charge in [0.15, 0.2) is 0 Å². The number of rotatable bonds is 4. The molecule has 0 saturated carbocycles. The Morgan fingerprint density at radius 2 is 1.89 bits per heavy atom. The van der Waals surface area contributed by atoms with Crippen molar-refractivity contribution in [3.8, 4) is 0 Å². The van der Waals surface area contributed by atoms with Crippen molar-refractivity contribution in [2.75, 3.05) is 0 Å². The lowest BCUT2D eigenvalue weighted by Gasteiger charge is -2.15. The van der Waals surface area contributed by atoms with E-state index in [9.17, 15) is 0 Å². The molecule has 2 rings (SSSR count). The van der Waals surface area contributed by atoms with Crippen LogP contribution in [0.3, 0.4) is 0 Å². The second kappa shape index (κ2) is 5.70. The number of pyridine rings is 1. The Bertz CT molecular complexity index is 587. The summed E-state index contributed by atoms with van der Waals surface area (Å²) in [5, 5.41) is 4.87. The third kappa shape index (κ3) is 3.13. The molecule has 1 atom stereocenters. The number of hydrogen-bond acceptors (Lipinski definition) is 2. The van der Waals surface area contributed by atoms with Crippen molar-refractivity contribution >= 4 is 10.9 Å². The van der Waals surface area contributed by atoms with Gasteiger partial charge in [-0.1, -0.05) is 18.6 Å². The molecule has 0 spiro atoms. The second-order valence-electron chi connectivity index (χ2n) is 5.59. The van der Waals surface area contributed by atoms with Crippen LogP contribution in [-0.4, -0.2) is 11.0 Å². The molecule has 2 aromatic rings. The maximum absolute atomic E-state index is 4.70. The fourth-order valence-electron chi connectivity index (χ4n) is 2.47. The van der Waals surface area contributed by atoms with Gasteiger partial charge < -0.3 is 5.32 Å². The van der Waals surface area contributed by atoms with E-state index in [4.69, 9.17) is 4.98 Å². The van der Waals surface area contributed by atoms with Gasteiger partial charge in [0.25, 0.3) is 0 Å². The average molecular weight is 256 g/mol. The van der Waals surface area contributed by atoms with E-state index in [0.29, 0.717) is 6.04 Å². The summed E-state index contributed by atoms with van der Waals surface area (Å²) >= 11 is 0. The van der Waals surface area contributed by atoms with Crippen molar-refractivity contribution in [1.82, 2.24) is 10.3 Å². The predicted octanol–water partition coefficient (Wildman–Crippen LogP) is 4.05. The molecular formula is C17H24N2. The zero-order valence-corrected chi connectivity index (χ0v) is 12.7. The minimum Gasteiger partial charge on any atom is -0.310 e. The molecule has 1 N–H and O–H groups in total. The number of fused-ring (bicyclic) bond motifs is 1. The van der Waals surface area contributed by atoms with Gasteiger partial charge in [-0.3, -0.25) is 4.98 Å². The first kappa shape index (κ1) is 14.0. The van der Waals surface area contributed by atoms with E-state index in [1.165, 1.54) is 22.1 Å². The highest BCUT2D eigenvalue weighted by Gasteiger charge is 2.08. The lowest BCUT2D eigenvalue weighted by Crippen LogP contribution is -2.24. The van der Waals surface area contributed by atoms with Crippen LogP contribution in [0.1, 0.15) is 42.7 Å². The van der Waals surface area contributed by atoms with Crippen molar-refractivity contribution in [2.45, 2.75) is 53.6 Å². The van der Waals surface area contributed by atoms with Gasteiger partial charge in [0, 0.05) is 23.7 Å². The normalized spacial score (nSPS) is 12.9. The summed E-state index contributed by atoms with van der Waals surface area (Å²) in [4.78, 5) is 4.70. The van der Waals surface area contributed by atoms with E-state index < -0.39 is 0 Å². The van der Waals surface area contributed by atoms with Crippen molar-refractivity contribution in [1.29, 1.82) is 0 Å². The molecule has 2 nitrogen and oxygen atoms in total. The summed E-state index contributed by atoms with van der Waals surface area (Å²) in [5.41, 5.74) is 6.17. The van der Waals surface area contributed by atoms with Crippen LogP contribution < -0.4 is 5.32 Å². The van der Waals surface area contributed by atoms with Crippen LogP contribution in [0.25, 0.3) is 10.9 Å². The van der Waals surface area contributed by atoms with Gasteiger partial charge in [-0.15, -0.1) is 0 Å². The smallest absolute Gasteiger partial charge is 0.0737 e. The summed E-state index contributed by atoms with van der Waals surface area (Å²) in [6.45, 7) is 11.7. The molecule has 0 aliphatic carbocycles. The Hall–Kier alpha value is -1.41. The molecular weight excluding hydrogens is 232 g/mol. The molecule has 1 aromatic heterocycles. The van der Waals surface area contributed by atoms with Gasteiger partial charge in [-0.25, -0.2) is 0 Å². The van der Waals surface area contributed by atoms with E-state index in [1.807, 2.05) is 0 Å². The fourth-order valence-corrected chi connectivity index (χ4v) is 2.47. The first-order valence-corrected chi connectivity index (χ1v) is 7.12. The maximum Gasteiger partial charge on any atom is 0.0737 e. The van der Waals surface area contributed by atoms with Crippen LogP contribution in [0.4, 0.5) is 0 Å². The first-order valence-electron chi connectivity index (χ1n) is 7.12. The highest BCUT2D eigenvalue weighted by atomic mass is 14.9. The molecule has 1 aromatic carbocycles. The summed E-state index contributed by atoms with van der Waals surface area (Å²) < 4.78 is 0. The number of nitrogens with zero attached hydrogens (tertiary/aromatic N) is 1. The minimum absolute atomic E-state index is 0.550. The van der Waals surface area contributed by atoms with Crippen molar-refractivity contribution in [2.24, 2.45) is 0 Å². The van der Waals surface area contributed by atoms with Crippen LogP contribution >= 0.6 is 0 Å². The summed E-state index contributed by atoms with van der Waals surface area (Å²) in [7, 11) is 0. The molecule has 1 heterocycles. The van der Waals surface area contributed by atoms with Crippen LogP contribution in [0.2, 0.25) is 0 Å². The average Bonchev–Trinajstić information content (AvgIpc) is 2.36.